The Balaban J connectivity index is 1.50. The summed E-state index contributed by atoms with van der Waals surface area (Å²) in [6, 6.07) is 8.08. The zero-order chi connectivity index (χ0) is 13.8. The molecule has 1 aliphatic rings. The van der Waals surface area contributed by atoms with Gasteiger partial charge in [0.2, 0.25) is 5.95 Å². The van der Waals surface area contributed by atoms with Crippen LogP contribution in [0.1, 0.15) is 12.8 Å². The van der Waals surface area contributed by atoms with E-state index in [1.54, 1.807) is 0 Å². The number of aliphatic hydroxyl groups is 1. The maximum Gasteiger partial charge on any atom is 0.201 e. The number of fused-ring (bicyclic) bond motifs is 1. The van der Waals surface area contributed by atoms with Crippen LogP contribution in [0, 0.1) is 5.92 Å². The average molecular weight is 274 g/mol. The first-order chi connectivity index (χ1) is 9.85. The minimum absolute atomic E-state index is 0.266. The Bertz CT molecular complexity index is 513. The number of benzene rings is 1. The summed E-state index contributed by atoms with van der Waals surface area (Å²) in [4.78, 5) is 10.2. The lowest BCUT2D eigenvalue weighted by Gasteiger charge is -2.31. The van der Waals surface area contributed by atoms with Crippen molar-refractivity contribution in [3.05, 3.63) is 24.3 Å². The first-order valence-corrected chi connectivity index (χ1v) is 7.37. The Hall–Kier alpha value is -1.59. The molecule has 0 spiro atoms. The van der Waals surface area contributed by atoms with Gasteiger partial charge >= 0.3 is 0 Å². The quantitative estimate of drug-likeness (QED) is 0.776. The first kappa shape index (κ1) is 13.4. The highest BCUT2D eigenvalue weighted by Crippen LogP contribution is 2.18. The summed E-state index contributed by atoms with van der Waals surface area (Å²) >= 11 is 0. The molecule has 0 unspecified atom stereocenters. The largest absolute Gasteiger partial charge is 0.395 e. The summed E-state index contributed by atoms with van der Waals surface area (Å²) in [7, 11) is 0. The van der Waals surface area contributed by atoms with E-state index in [1.807, 2.05) is 24.3 Å². The van der Waals surface area contributed by atoms with E-state index in [0.717, 1.165) is 43.2 Å². The molecule has 5 nitrogen and oxygen atoms in total. The molecule has 2 aromatic rings. The number of nitrogens with zero attached hydrogens (tertiary/aromatic N) is 2. The number of H-pyrrole nitrogens is 1. The molecular weight excluding hydrogens is 252 g/mol. The van der Waals surface area contributed by atoms with Crippen molar-refractivity contribution in [2.45, 2.75) is 12.8 Å². The fourth-order valence-electron chi connectivity index (χ4n) is 2.83. The van der Waals surface area contributed by atoms with E-state index < -0.39 is 0 Å². The van der Waals surface area contributed by atoms with Gasteiger partial charge < -0.3 is 20.3 Å². The number of aliphatic hydroxyl groups excluding tert-OH is 1. The van der Waals surface area contributed by atoms with Gasteiger partial charge in [0.1, 0.15) is 0 Å². The van der Waals surface area contributed by atoms with Crippen LogP contribution < -0.4 is 5.32 Å². The molecule has 0 aliphatic carbocycles. The summed E-state index contributed by atoms with van der Waals surface area (Å²) in [6.07, 6.45) is 2.38. The van der Waals surface area contributed by atoms with Gasteiger partial charge in [0.25, 0.3) is 0 Å². The Morgan fingerprint density at radius 2 is 2.10 bits per heavy atom. The Kier molecular flexibility index (Phi) is 4.18. The number of piperidine rings is 1. The maximum absolute atomic E-state index is 8.94. The third-order valence-corrected chi connectivity index (χ3v) is 4.07. The molecule has 1 aromatic carbocycles. The van der Waals surface area contributed by atoms with Gasteiger partial charge in [-0.2, -0.15) is 0 Å². The van der Waals surface area contributed by atoms with Crippen LogP contribution in [0.5, 0.6) is 0 Å². The molecule has 1 saturated heterocycles. The molecule has 3 N–H and O–H groups in total. The van der Waals surface area contributed by atoms with Crippen LogP contribution in [0.4, 0.5) is 5.95 Å². The molecule has 1 fully saturated rings. The molecular formula is C15H22N4O. The molecule has 0 radical (unpaired) electrons. The minimum Gasteiger partial charge on any atom is -0.395 e. The van der Waals surface area contributed by atoms with Crippen molar-refractivity contribution in [3.8, 4) is 0 Å². The fourth-order valence-corrected chi connectivity index (χ4v) is 2.83. The van der Waals surface area contributed by atoms with Crippen LogP contribution in [0.3, 0.4) is 0 Å². The zero-order valence-corrected chi connectivity index (χ0v) is 11.7. The van der Waals surface area contributed by atoms with E-state index >= 15 is 0 Å². The second-order valence-electron chi connectivity index (χ2n) is 5.49. The molecule has 1 aliphatic heterocycles. The number of nitrogens with one attached hydrogen (secondary N) is 2. The summed E-state index contributed by atoms with van der Waals surface area (Å²) in [5.41, 5.74) is 2.08. The van der Waals surface area contributed by atoms with E-state index in [9.17, 15) is 0 Å². The fraction of sp³-hybridized carbons (Fsp3) is 0.533. The van der Waals surface area contributed by atoms with Crippen LogP contribution in [0.2, 0.25) is 0 Å². The van der Waals surface area contributed by atoms with Gasteiger partial charge in [0, 0.05) is 13.1 Å². The highest BCUT2D eigenvalue weighted by atomic mass is 16.3. The van der Waals surface area contributed by atoms with Crippen molar-refractivity contribution < 1.29 is 5.11 Å². The van der Waals surface area contributed by atoms with Crippen molar-refractivity contribution in [1.82, 2.24) is 14.9 Å². The number of anilines is 1. The SMILES string of the molecule is OCCN1CCC(CNc2nc3ccccc3[nH]2)CC1. The second kappa shape index (κ2) is 6.24. The molecule has 3 rings (SSSR count). The Morgan fingerprint density at radius 3 is 2.85 bits per heavy atom. The molecule has 0 amide bonds. The zero-order valence-electron chi connectivity index (χ0n) is 11.7. The van der Waals surface area contributed by atoms with Gasteiger partial charge in [-0.15, -0.1) is 0 Å². The molecule has 108 valence electrons. The summed E-state index contributed by atoms with van der Waals surface area (Å²) in [5, 5.41) is 12.4. The second-order valence-corrected chi connectivity index (χ2v) is 5.49. The number of aromatic nitrogens is 2. The predicted molar refractivity (Wildman–Crippen MR) is 80.8 cm³/mol. The summed E-state index contributed by atoms with van der Waals surface area (Å²) < 4.78 is 0. The van der Waals surface area contributed by atoms with Gasteiger partial charge in [-0.3, -0.25) is 0 Å². The molecule has 2 heterocycles. The summed E-state index contributed by atoms with van der Waals surface area (Å²) in [5.74, 6) is 1.56. The van der Waals surface area contributed by atoms with Crippen LogP contribution in [-0.2, 0) is 0 Å². The van der Waals surface area contributed by atoms with Crippen LogP contribution >= 0.6 is 0 Å². The first-order valence-electron chi connectivity index (χ1n) is 7.37. The van der Waals surface area contributed by atoms with Crippen LogP contribution in [0.15, 0.2) is 24.3 Å². The van der Waals surface area contributed by atoms with E-state index in [4.69, 9.17) is 5.11 Å². The topological polar surface area (TPSA) is 64.2 Å². The van der Waals surface area contributed by atoms with Crippen molar-refractivity contribution >= 4 is 17.0 Å². The lowest BCUT2D eigenvalue weighted by molar-refractivity contribution is 0.151. The number of likely N-dealkylation sites (tertiary alicyclic amines) is 1. The van der Waals surface area contributed by atoms with Gasteiger partial charge in [-0.05, 0) is 44.0 Å². The van der Waals surface area contributed by atoms with Crippen LogP contribution in [0.25, 0.3) is 11.0 Å². The van der Waals surface area contributed by atoms with Crippen molar-refractivity contribution in [3.63, 3.8) is 0 Å². The van der Waals surface area contributed by atoms with Gasteiger partial charge in [0.15, 0.2) is 0 Å². The number of hydrogen-bond acceptors (Lipinski definition) is 4. The molecule has 0 bridgehead atoms. The number of hydrogen-bond donors (Lipinski definition) is 3. The highest BCUT2D eigenvalue weighted by molar-refractivity contribution is 5.77. The van der Waals surface area contributed by atoms with Crippen molar-refractivity contribution in [2.24, 2.45) is 5.92 Å². The van der Waals surface area contributed by atoms with Crippen LogP contribution in [-0.4, -0.2) is 52.8 Å². The summed E-state index contributed by atoms with van der Waals surface area (Å²) in [6.45, 7) is 4.22. The number of β-amino-alcohol motifs (C(OH)–C–C–N with tert-alkyl or cyclic N) is 1. The van der Waals surface area contributed by atoms with Crippen molar-refractivity contribution in [2.75, 3.05) is 38.1 Å². The van der Waals surface area contributed by atoms with Crippen molar-refractivity contribution in [1.29, 1.82) is 0 Å². The molecule has 0 saturated carbocycles. The number of para-hydroxylation sites is 2. The third-order valence-electron chi connectivity index (χ3n) is 4.07. The highest BCUT2D eigenvalue weighted by Gasteiger charge is 2.18. The molecule has 0 atom stereocenters. The van der Waals surface area contributed by atoms with E-state index in [1.165, 1.54) is 12.8 Å². The normalized spacial score (nSPS) is 17.6. The van der Waals surface area contributed by atoms with E-state index in [0.29, 0.717) is 5.92 Å². The Morgan fingerprint density at radius 1 is 1.30 bits per heavy atom. The minimum atomic E-state index is 0.266. The maximum atomic E-state index is 8.94. The lowest BCUT2D eigenvalue weighted by Crippen LogP contribution is -2.37. The molecule has 5 heteroatoms. The Labute approximate surface area is 119 Å². The number of rotatable bonds is 5. The number of imidazole rings is 1. The smallest absolute Gasteiger partial charge is 0.201 e. The standard InChI is InChI=1S/C15H22N4O/c20-10-9-19-7-5-12(6-8-19)11-16-15-17-13-3-1-2-4-14(13)18-15/h1-4,12,20H,5-11H2,(H2,16,17,18). The monoisotopic (exact) mass is 274 g/mol. The van der Waals surface area contributed by atoms with Gasteiger partial charge in [0.05, 0.1) is 17.6 Å². The molecule has 1 aromatic heterocycles. The lowest BCUT2D eigenvalue weighted by atomic mass is 9.97. The average Bonchev–Trinajstić information content (AvgIpc) is 2.90. The van der Waals surface area contributed by atoms with Gasteiger partial charge in [-0.1, -0.05) is 12.1 Å². The van der Waals surface area contributed by atoms with E-state index in [-0.39, 0.29) is 6.61 Å². The number of aromatic amines is 1. The molecule has 20 heavy (non-hydrogen) atoms. The third kappa shape index (κ3) is 3.11. The predicted octanol–water partition coefficient (Wildman–Crippen LogP) is 1.68. The van der Waals surface area contributed by atoms with E-state index in [2.05, 4.69) is 20.2 Å². The van der Waals surface area contributed by atoms with Gasteiger partial charge in [-0.25, -0.2) is 4.98 Å².